The number of hydrogen-bond acceptors (Lipinski definition) is 3. The minimum atomic E-state index is -1.86. The Labute approximate surface area is 170 Å². The standard InChI is InChI=1S/C25H23NO3/c1-17-7-11-19(12-8-17)16-26-22-6-4-3-5-21(22)25(29,24(26)28)15-23(27)20-13-9-18(2)10-14-20/h3-14,29H,15-16H2,1-2H3/t25-/m1/s1. The molecule has 1 heterocycles. The lowest BCUT2D eigenvalue weighted by Gasteiger charge is -2.23. The van der Waals surface area contributed by atoms with Crippen LogP contribution in [0.4, 0.5) is 5.69 Å². The fourth-order valence-corrected chi connectivity index (χ4v) is 3.78. The maximum atomic E-state index is 13.3. The number of aliphatic hydroxyl groups is 1. The number of amides is 1. The minimum absolute atomic E-state index is 0.257. The van der Waals surface area contributed by atoms with Gasteiger partial charge >= 0.3 is 0 Å². The van der Waals surface area contributed by atoms with Gasteiger partial charge in [-0.05, 0) is 25.5 Å². The first-order valence-corrected chi connectivity index (χ1v) is 9.68. The number of para-hydroxylation sites is 1. The van der Waals surface area contributed by atoms with Crippen molar-refractivity contribution in [3.8, 4) is 0 Å². The quantitative estimate of drug-likeness (QED) is 0.666. The van der Waals surface area contributed by atoms with E-state index in [0.717, 1.165) is 16.7 Å². The predicted octanol–water partition coefficient (Wildman–Crippen LogP) is 4.31. The van der Waals surface area contributed by atoms with Crippen molar-refractivity contribution in [2.75, 3.05) is 4.90 Å². The Morgan fingerprint density at radius 1 is 0.897 bits per heavy atom. The van der Waals surface area contributed by atoms with Gasteiger partial charge in [0.25, 0.3) is 5.91 Å². The number of carbonyl (C=O) groups is 2. The number of aryl methyl sites for hydroxylation is 2. The largest absolute Gasteiger partial charge is 0.375 e. The van der Waals surface area contributed by atoms with Gasteiger partial charge in [0.15, 0.2) is 11.4 Å². The normalized spacial score (nSPS) is 18.0. The Hall–Kier alpha value is -3.24. The summed E-state index contributed by atoms with van der Waals surface area (Å²) >= 11 is 0. The van der Waals surface area contributed by atoms with Crippen LogP contribution in [0.1, 0.15) is 39.0 Å². The van der Waals surface area contributed by atoms with Crippen molar-refractivity contribution < 1.29 is 14.7 Å². The molecule has 146 valence electrons. The number of carbonyl (C=O) groups excluding carboxylic acids is 2. The molecule has 0 bridgehead atoms. The second-order valence-corrected chi connectivity index (χ2v) is 7.72. The van der Waals surface area contributed by atoms with Crippen molar-refractivity contribution in [3.05, 3.63) is 101 Å². The number of fused-ring (bicyclic) bond motifs is 1. The van der Waals surface area contributed by atoms with Gasteiger partial charge in [0.1, 0.15) is 0 Å². The third kappa shape index (κ3) is 3.47. The van der Waals surface area contributed by atoms with Crippen LogP contribution in [-0.2, 0) is 16.9 Å². The number of ketones is 1. The maximum Gasteiger partial charge on any atom is 0.264 e. The second-order valence-electron chi connectivity index (χ2n) is 7.72. The molecule has 0 saturated carbocycles. The van der Waals surface area contributed by atoms with Gasteiger partial charge in [-0.2, -0.15) is 0 Å². The molecule has 1 N–H and O–H groups in total. The molecule has 0 spiro atoms. The predicted molar refractivity (Wildman–Crippen MR) is 113 cm³/mol. The second kappa shape index (κ2) is 7.30. The molecule has 29 heavy (non-hydrogen) atoms. The lowest BCUT2D eigenvalue weighted by Crippen LogP contribution is -2.41. The molecule has 1 aliphatic heterocycles. The highest BCUT2D eigenvalue weighted by Gasteiger charge is 2.50. The summed E-state index contributed by atoms with van der Waals surface area (Å²) in [5.41, 5.74) is 2.92. The van der Waals surface area contributed by atoms with E-state index in [-0.39, 0.29) is 12.2 Å². The number of benzene rings is 3. The molecule has 0 fully saturated rings. The average Bonchev–Trinajstić information content (AvgIpc) is 2.92. The van der Waals surface area contributed by atoms with E-state index in [1.165, 1.54) is 0 Å². The summed E-state index contributed by atoms with van der Waals surface area (Å²) in [6.45, 7) is 4.30. The van der Waals surface area contributed by atoms with E-state index in [4.69, 9.17) is 0 Å². The average molecular weight is 385 g/mol. The van der Waals surface area contributed by atoms with Crippen LogP contribution in [0.5, 0.6) is 0 Å². The van der Waals surface area contributed by atoms with Crippen molar-refractivity contribution >= 4 is 17.4 Å². The van der Waals surface area contributed by atoms with E-state index in [0.29, 0.717) is 23.4 Å². The summed E-state index contributed by atoms with van der Waals surface area (Å²) in [6, 6.07) is 22.3. The molecular weight excluding hydrogens is 362 g/mol. The van der Waals surface area contributed by atoms with Crippen LogP contribution >= 0.6 is 0 Å². The zero-order valence-electron chi connectivity index (χ0n) is 16.6. The van der Waals surface area contributed by atoms with Gasteiger partial charge in [0.2, 0.25) is 0 Å². The zero-order valence-corrected chi connectivity index (χ0v) is 16.6. The molecule has 1 aliphatic rings. The Bertz CT molecular complexity index is 1070. The van der Waals surface area contributed by atoms with Crippen molar-refractivity contribution in [3.63, 3.8) is 0 Å². The highest BCUT2D eigenvalue weighted by atomic mass is 16.3. The van der Waals surface area contributed by atoms with Crippen LogP contribution in [-0.4, -0.2) is 16.8 Å². The third-order valence-corrected chi connectivity index (χ3v) is 5.49. The van der Waals surface area contributed by atoms with Crippen molar-refractivity contribution in [1.29, 1.82) is 0 Å². The Morgan fingerprint density at radius 3 is 2.14 bits per heavy atom. The fraction of sp³-hybridized carbons (Fsp3) is 0.200. The first-order chi connectivity index (χ1) is 13.9. The molecular formula is C25H23NO3. The van der Waals surface area contributed by atoms with E-state index in [1.54, 1.807) is 29.2 Å². The van der Waals surface area contributed by atoms with Crippen LogP contribution in [0.2, 0.25) is 0 Å². The van der Waals surface area contributed by atoms with E-state index in [9.17, 15) is 14.7 Å². The number of anilines is 1. The molecule has 0 saturated heterocycles. The van der Waals surface area contributed by atoms with Crippen LogP contribution in [0.15, 0.2) is 72.8 Å². The molecule has 1 atom stereocenters. The van der Waals surface area contributed by atoms with Crippen LogP contribution in [0.3, 0.4) is 0 Å². The lowest BCUT2D eigenvalue weighted by atomic mass is 9.88. The fourth-order valence-electron chi connectivity index (χ4n) is 3.78. The topological polar surface area (TPSA) is 57.6 Å². The first kappa shape index (κ1) is 19.1. The molecule has 3 aromatic rings. The number of rotatable bonds is 5. The Kier molecular flexibility index (Phi) is 4.81. The molecule has 4 rings (SSSR count). The van der Waals surface area contributed by atoms with Crippen molar-refractivity contribution in [1.82, 2.24) is 0 Å². The van der Waals surface area contributed by atoms with Crippen LogP contribution in [0, 0.1) is 13.8 Å². The number of Topliss-reactive ketones (excluding diaryl/α,β-unsaturated/α-hetero) is 1. The number of nitrogens with zero attached hydrogens (tertiary/aromatic N) is 1. The smallest absolute Gasteiger partial charge is 0.264 e. The molecule has 0 radical (unpaired) electrons. The van der Waals surface area contributed by atoms with Crippen molar-refractivity contribution in [2.24, 2.45) is 0 Å². The van der Waals surface area contributed by atoms with Gasteiger partial charge in [0, 0.05) is 11.1 Å². The third-order valence-electron chi connectivity index (χ3n) is 5.49. The first-order valence-electron chi connectivity index (χ1n) is 9.68. The SMILES string of the molecule is Cc1ccc(CN2C(=O)[C@@](O)(CC(=O)c3ccc(C)cc3)c3ccccc32)cc1. The van der Waals surface area contributed by atoms with E-state index >= 15 is 0 Å². The molecule has 3 aromatic carbocycles. The number of hydrogen-bond donors (Lipinski definition) is 1. The molecule has 4 nitrogen and oxygen atoms in total. The highest BCUT2D eigenvalue weighted by molar-refractivity contribution is 6.10. The summed E-state index contributed by atoms with van der Waals surface area (Å²) in [5, 5.41) is 11.4. The van der Waals surface area contributed by atoms with Gasteiger partial charge in [0.05, 0.1) is 18.7 Å². The molecule has 4 heteroatoms. The van der Waals surface area contributed by atoms with Gasteiger partial charge in [-0.15, -0.1) is 0 Å². The summed E-state index contributed by atoms with van der Waals surface area (Å²) in [6.07, 6.45) is -0.281. The summed E-state index contributed by atoms with van der Waals surface area (Å²) < 4.78 is 0. The highest BCUT2D eigenvalue weighted by Crippen LogP contribution is 2.43. The monoisotopic (exact) mass is 385 g/mol. The van der Waals surface area contributed by atoms with Gasteiger partial charge in [-0.3, -0.25) is 9.59 Å². The van der Waals surface area contributed by atoms with Gasteiger partial charge < -0.3 is 10.0 Å². The molecule has 1 amide bonds. The summed E-state index contributed by atoms with van der Waals surface area (Å²) in [7, 11) is 0. The summed E-state index contributed by atoms with van der Waals surface area (Å²) in [4.78, 5) is 27.7. The Morgan fingerprint density at radius 2 is 1.48 bits per heavy atom. The van der Waals surface area contributed by atoms with Gasteiger partial charge in [-0.1, -0.05) is 77.9 Å². The lowest BCUT2D eigenvalue weighted by molar-refractivity contribution is -0.136. The van der Waals surface area contributed by atoms with Crippen molar-refractivity contribution in [2.45, 2.75) is 32.4 Å². The van der Waals surface area contributed by atoms with E-state index in [2.05, 4.69) is 0 Å². The molecule has 0 aliphatic carbocycles. The Balaban J connectivity index is 1.66. The van der Waals surface area contributed by atoms with Crippen LogP contribution in [0.25, 0.3) is 0 Å². The van der Waals surface area contributed by atoms with E-state index in [1.807, 2.05) is 62.4 Å². The maximum absolute atomic E-state index is 13.3. The zero-order chi connectivity index (χ0) is 20.6. The van der Waals surface area contributed by atoms with Crippen LogP contribution < -0.4 is 4.90 Å². The molecule has 0 unspecified atom stereocenters. The molecule has 0 aromatic heterocycles. The minimum Gasteiger partial charge on any atom is -0.375 e. The van der Waals surface area contributed by atoms with E-state index < -0.39 is 11.5 Å². The van der Waals surface area contributed by atoms with Gasteiger partial charge in [-0.25, -0.2) is 0 Å². The summed E-state index contributed by atoms with van der Waals surface area (Å²) in [5.74, 6) is -0.715.